The molecule has 112 valence electrons. The van der Waals surface area contributed by atoms with Crippen LogP contribution in [0.2, 0.25) is 0 Å². The van der Waals surface area contributed by atoms with Crippen molar-refractivity contribution in [1.29, 1.82) is 0 Å². The fourth-order valence-electron chi connectivity index (χ4n) is 2.94. The lowest BCUT2D eigenvalue weighted by Crippen LogP contribution is -2.63. The zero-order valence-corrected chi connectivity index (χ0v) is 14.3. The smallest absolute Gasteiger partial charge is 0.175 e. The number of ether oxygens (including phenoxy) is 2. The zero-order chi connectivity index (χ0) is 14.8. The molecule has 0 radical (unpaired) electrons. The second kappa shape index (κ2) is 6.35. The van der Waals surface area contributed by atoms with Crippen molar-refractivity contribution in [3.63, 3.8) is 0 Å². The molecule has 0 heterocycles. The van der Waals surface area contributed by atoms with E-state index in [0.717, 1.165) is 35.4 Å². The third kappa shape index (κ3) is 2.68. The van der Waals surface area contributed by atoms with Gasteiger partial charge in [-0.05, 0) is 41.0 Å². The van der Waals surface area contributed by atoms with Gasteiger partial charge in [-0.15, -0.1) is 0 Å². The maximum Gasteiger partial charge on any atom is 0.175 e. The number of rotatable bonds is 6. The lowest BCUT2D eigenvalue weighted by Gasteiger charge is -2.53. The molecule has 2 rings (SSSR count). The Bertz CT molecular complexity index is 466. The molecule has 3 unspecified atom stereocenters. The third-order valence-corrected chi connectivity index (χ3v) is 5.23. The Labute approximate surface area is 130 Å². The average molecular weight is 342 g/mol. The number of hydrogen-bond donors (Lipinski definition) is 1. The topological polar surface area (TPSA) is 30.5 Å². The van der Waals surface area contributed by atoms with Gasteiger partial charge in [0.2, 0.25) is 0 Å². The van der Waals surface area contributed by atoms with Gasteiger partial charge in [-0.3, -0.25) is 0 Å². The fourth-order valence-corrected chi connectivity index (χ4v) is 3.38. The molecule has 0 spiro atoms. The maximum atomic E-state index is 6.27. The molecule has 0 aliphatic heterocycles. The summed E-state index contributed by atoms with van der Waals surface area (Å²) >= 11 is 3.55. The first-order chi connectivity index (χ1) is 9.56. The molecule has 0 bridgehead atoms. The summed E-state index contributed by atoms with van der Waals surface area (Å²) in [6.45, 7) is 7.70. The number of para-hydroxylation sites is 1. The Balaban J connectivity index is 2.15. The van der Waals surface area contributed by atoms with Crippen LogP contribution in [-0.2, 0) is 0 Å². The fraction of sp³-hybridized carbons (Fsp3) is 0.625. The third-order valence-electron chi connectivity index (χ3n) is 4.60. The van der Waals surface area contributed by atoms with Gasteiger partial charge >= 0.3 is 0 Å². The Morgan fingerprint density at radius 1 is 1.40 bits per heavy atom. The molecule has 1 aliphatic rings. The largest absolute Gasteiger partial charge is 0.493 e. The molecule has 20 heavy (non-hydrogen) atoms. The summed E-state index contributed by atoms with van der Waals surface area (Å²) in [5.74, 6) is 1.60. The predicted octanol–water partition coefficient (Wildman–Crippen LogP) is 4.00. The van der Waals surface area contributed by atoms with Crippen LogP contribution in [0.5, 0.6) is 11.5 Å². The van der Waals surface area contributed by atoms with E-state index in [1.807, 2.05) is 18.2 Å². The number of methoxy groups -OCH3 is 1. The Kier molecular flexibility index (Phi) is 4.97. The van der Waals surface area contributed by atoms with Crippen molar-refractivity contribution in [2.24, 2.45) is 5.41 Å². The van der Waals surface area contributed by atoms with Gasteiger partial charge in [0.1, 0.15) is 6.10 Å². The van der Waals surface area contributed by atoms with Crippen molar-refractivity contribution in [3.8, 4) is 11.5 Å². The van der Waals surface area contributed by atoms with Gasteiger partial charge < -0.3 is 14.8 Å². The molecular weight excluding hydrogens is 318 g/mol. The van der Waals surface area contributed by atoms with Crippen LogP contribution in [0.1, 0.15) is 33.6 Å². The molecule has 1 saturated carbocycles. The number of benzene rings is 1. The Morgan fingerprint density at radius 2 is 2.15 bits per heavy atom. The predicted molar refractivity (Wildman–Crippen MR) is 85.6 cm³/mol. The van der Waals surface area contributed by atoms with E-state index in [-0.39, 0.29) is 11.5 Å². The van der Waals surface area contributed by atoms with Crippen LogP contribution in [0.3, 0.4) is 0 Å². The van der Waals surface area contributed by atoms with Gasteiger partial charge in [-0.25, -0.2) is 0 Å². The molecule has 1 aromatic carbocycles. The Morgan fingerprint density at radius 3 is 2.75 bits per heavy atom. The lowest BCUT2D eigenvalue weighted by molar-refractivity contribution is -0.0709. The van der Waals surface area contributed by atoms with Gasteiger partial charge in [0, 0.05) is 17.9 Å². The van der Waals surface area contributed by atoms with Gasteiger partial charge in [-0.1, -0.05) is 26.8 Å². The molecule has 3 atom stereocenters. The van der Waals surface area contributed by atoms with Gasteiger partial charge in [0.05, 0.1) is 11.6 Å². The second-order valence-electron chi connectivity index (χ2n) is 5.58. The normalized spacial score (nSPS) is 28.9. The minimum Gasteiger partial charge on any atom is -0.493 e. The highest BCUT2D eigenvalue weighted by Gasteiger charge is 2.52. The van der Waals surface area contributed by atoms with Crippen LogP contribution in [-0.4, -0.2) is 25.8 Å². The standard InChI is InChI=1S/C16H24BrNO2/c1-5-16(3)13(18-6-2)10-14(16)20-15-11(17)8-7-9-12(15)19-4/h7-9,13-14,18H,5-6,10H2,1-4H3. The summed E-state index contributed by atoms with van der Waals surface area (Å²) in [7, 11) is 1.68. The highest BCUT2D eigenvalue weighted by molar-refractivity contribution is 9.10. The van der Waals surface area contributed by atoms with Gasteiger partial charge in [-0.2, -0.15) is 0 Å². The highest BCUT2D eigenvalue weighted by atomic mass is 79.9. The summed E-state index contributed by atoms with van der Waals surface area (Å²) in [4.78, 5) is 0. The van der Waals surface area contributed by atoms with Crippen molar-refractivity contribution in [2.45, 2.75) is 45.8 Å². The summed E-state index contributed by atoms with van der Waals surface area (Å²) in [6.07, 6.45) is 2.37. The first-order valence-corrected chi connectivity index (χ1v) is 8.08. The van der Waals surface area contributed by atoms with Crippen molar-refractivity contribution >= 4 is 15.9 Å². The van der Waals surface area contributed by atoms with E-state index in [0.29, 0.717) is 6.04 Å². The van der Waals surface area contributed by atoms with E-state index < -0.39 is 0 Å². The monoisotopic (exact) mass is 341 g/mol. The van der Waals surface area contributed by atoms with Crippen molar-refractivity contribution in [3.05, 3.63) is 22.7 Å². The van der Waals surface area contributed by atoms with E-state index in [9.17, 15) is 0 Å². The summed E-state index contributed by atoms with van der Waals surface area (Å²) < 4.78 is 12.6. The second-order valence-corrected chi connectivity index (χ2v) is 6.44. The van der Waals surface area contributed by atoms with Crippen LogP contribution in [0, 0.1) is 5.41 Å². The molecule has 1 aromatic rings. The molecular formula is C16H24BrNO2. The quantitative estimate of drug-likeness (QED) is 0.848. The van der Waals surface area contributed by atoms with Crippen LogP contribution in [0.4, 0.5) is 0 Å². The minimum atomic E-state index is 0.177. The van der Waals surface area contributed by atoms with Crippen molar-refractivity contribution < 1.29 is 9.47 Å². The van der Waals surface area contributed by atoms with Crippen molar-refractivity contribution in [1.82, 2.24) is 5.32 Å². The molecule has 1 fully saturated rings. The zero-order valence-electron chi connectivity index (χ0n) is 12.7. The SMILES string of the molecule is CCNC1CC(Oc2c(Br)cccc2OC)C1(C)CC. The molecule has 1 N–H and O–H groups in total. The summed E-state index contributed by atoms with van der Waals surface area (Å²) in [5.41, 5.74) is 0.177. The average Bonchev–Trinajstić information content (AvgIpc) is 2.46. The Hall–Kier alpha value is -0.740. The van der Waals surface area contributed by atoms with Gasteiger partial charge in [0.25, 0.3) is 0 Å². The van der Waals surface area contributed by atoms with E-state index in [2.05, 4.69) is 42.0 Å². The van der Waals surface area contributed by atoms with E-state index in [1.54, 1.807) is 7.11 Å². The molecule has 4 heteroatoms. The molecule has 0 amide bonds. The lowest BCUT2D eigenvalue weighted by atomic mass is 9.61. The number of halogens is 1. The van der Waals surface area contributed by atoms with Crippen molar-refractivity contribution in [2.75, 3.05) is 13.7 Å². The van der Waals surface area contributed by atoms with E-state index >= 15 is 0 Å². The highest BCUT2D eigenvalue weighted by Crippen LogP contribution is 2.48. The minimum absolute atomic E-state index is 0.177. The van der Waals surface area contributed by atoms with Crippen LogP contribution >= 0.6 is 15.9 Å². The summed E-state index contributed by atoms with van der Waals surface area (Å²) in [6, 6.07) is 6.42. The first-order valence-electron chi connectivity index (χ1n) is 7.29. The molecule has 3 nitrogen and oxygen atoms in total. The molecule has 0 saturated heterocycles. The number of hydrogen-bond acceptors (Lipinski definition) is 3. The van der Waals surface area contributed by atoms with Crippen LogP contribution in [0.15, 0.2) is 22.7 Å². The number of nitrogens with one attached hydrogen (secondary N) is 1. The maximum absolute atomic E-state index is 6.27. The summed E-state index contributed by atoms with van der Waals surface area (Å²) in [5, 5.41) is 3.56. The van der Waals surface area contributed by atoms with E-state index in [1.165, 1.54) is 0 Å². The first kappa shape index (κ1) is 15.6. The van der Waals surface area contributed by atoms with Crippen LogP contribution in [0.25, 0.3) is 0 Å². The van der Waals surface area contributed by atoms with E-state index in [4.69, 9.17) is 9.47 Å². The van der Waals surface area contributed by atoms with Gasteiger partial charge in [0.15, 0.2) is 11.5 Å². The molecule has 0 aromatic heterocycles. The van der Waals surface area contributed by atoms with Crippen LogP contribution < -0.4 is 14.8 Å². The molecule has 1 aliphatic carbocycles.